The maximum atomic E-state index is 3.70. The van der Waals surface area contributed by atoms with Crippen LogP contribution in [0.15, 0.2) is 12.2 Å². The molecule has 0 aromatic heterocycles. The van der Waals surface area contributed by atoms with Crippen LogP contribution >= 0.6 is 0 Å². The molecule has 1 aliphatic heterocycles. The van der Waals surface area contributed by atoms with Gasteiger partial charge in [0.05, 0.1) is 0 Å². The molecule has 2 bridgehead atoms. The highest BCUT2D eigenvalue weighted by Gasteiger charge is 2.52. The molecule has 1 N–H and O–H groups in total. The van der Waals surface area contributed by atoms with E-state index in [4.69, 9.17) is 0 Å². The third kappa shape index (κ3) is 1.87. The second-order valence-electron chi connectivity index (χ2n) is 6.49. The van der Waals surface area contributed by atoms with Gasteiger partial charge in [-0.15, -0.1) is 0 Å². The summed E-state index contributed by atoms with van der Waals surface area (Å²) in [5.41, 5.74) is 1.03. The lowest BCUT2D eigenvalue weighted by molar-refractivity contribution is 0.0333. The summed E-state index contributed by atoms with van der Waals surface area (Å²) in [7, 11) is 0. The van der Waals surface area contributed by atoms with Gasteiger partial charge in [-0.05, 0) is 42.9 Å². The molecule has 1 nitrogen and oxygen atoms in total. The molecule has 0 amide bonds. The predicted molar refractivity (Wildman–Crippen MR) is 65.8 cm³/mol. The summed E-state index contributed by atoms with van der Waals surface area (Å²) in [5, 5.41) is 3.70. The average molecular weight is 207 g/mol. The fourth-order valence-corrected chi connectivity index (χ4v) is 4.09. The van der Waals surface area contributed by atoms with Gasteiger partial charge in [0, 0.05) is 12.6 Å². The molecule has 15 heavy (non-hydrogen) atoms. The van der Waals surface area contributed by atoms with E-state index >= 15 is 0 Å². The van der Waals surface area contributed by atoms with E-state index in [1.54, 1.807) is 0 Å². The number of fused-ring (bicyclic) bond motifs is 2. The lowest BCUT2D eigenvalue weighted by Gasteiger charge is -2.48. The van der Waals surface area contributed by atoms with Crippen LogP contribution in [0, 0.1) is 16.7 Å². The first-order valence-electron chi connectivity index (χ1n) is 6.32. The molecule has 1 saturated carbocycles. The Morgan fingerprint density at radius 2 is 2.00 bits per heavy atom. The van der Waals surface area contributed by atoms with Crippen LogP contribution in [0.5, 0.6) is 0 Å². The minimum Gasteiger partial charge on any atom is -0.313 e. The quantitative estimate of drug-likeness (QED) is 0.685. The molecule has 3 unspecified atom stereocenters. The first-order valence-corrected chi connectivity index (χ1v) is 6.32. The van der Waals surface area contributed by atoms with E-state index in [0.29, 0.717) is 10.8 Å². The summed E-state index contributed by atoms with van der Waals surface area (Å²) in [5.74, 6) is 0.840. The Morgan fingerprint density at radius 3 is 2.67 bits per heavy atom. The van der Waals surface area contributed by atoms with Crippen molar-refractivity contribution in [1.29, 1.82) is 0 Å². The van der Waals surface area contributed by atoms with Crippen molar-refractivity contribution in [3.63, 3.8) is 0 Å². The fraction of sp³-hybridized carbons (Fsp3) is 0.857. The van der Waals surface area contributed by atoms with E-state index in [-0.39, 0.29) is 0 Å². The zero-order valence-electron chi connectivity index (χ0n) is 10.6. The molecule has 1 heteroatoms. The molecule has 0 aromatic carbocycles. The zero-order valence-corrected chi connectivity index (χ0v) is 10.6. The molecule has 0 aromatic rings. The van der Waals surface area contributed by atoms with Crippen molar-refractivity contribution in [2.75, 3.05) is 6.54 Å². The summed E-state index contributed by atoms with van der Waals surface area (Å²) in [6.45, 7) is 10.8. The van der Waals surface area contributed by atoms with Crippen molar-refractivity contribution in [3.05, 3.63) is 12.2 Å². The van der Waals surface area contributed by atoms with Crippen LogP contribution in [-0.2, 0) is 0 Å². The summed E-state index contributed by atoms with van der Waals surface area (Å²) < 4.78 is 0. The molecule has 1 aliphatic carbocycles. The maximum absolute atomic E-state index is 3.70. The van der Waals surface area contributed by atoms with E-state index in [0.717, 1.165) is 12.0 Å². The molecule has 2 rings (SSSR count). The number of rotatable bonds is 2. The van der Waals surface area contributed by atoms with Gasteiger partial charge in [-0.2, -0.15) is 0 Å². The van der Waals surface area contributed by atoms with Gasteiger partial charge in [-0.3, -0.25) is 0 Å². The second kappa shape index (κ2) is 3.62. The minimum atomic E-state index is 0.501. The number of hydrogen-bond acceptors (Lipinski definition) is 1. The predicted octanol–water partition coefficient (Wildman–Crippen LogP) is 3.37. The number of nitrogens with one attached hydrogen (secondary N) is 1. The lowest BCUT2D eigenvalue weighted by Crippen LogP contribution is -2.43. The van der Waals surface area contributed by atoms with Crippen LogP contribution in [0.2, 0.25) is 0 Å². The summed E-state index contributed by atoms with van der Waals surface area (Å²) in [4.78, 5) is 0. The molecule has 0 radical (unpaired) electrons. The molecule has 2 aliphatic rings. The van der Waals surface area contributed by atoms with E-state index < -0.39 is 0 Å². The van der Waals surface area contributed by atoms with E-state index in [1.165, 1.54) is 25.8 Å². The van der Waals surface area contributed by atoms with E-state index in [2.05, 4.69) is 45.2 Å². The van der Waals surface area contributed by atoms with Crippen LogP contribution in [0.1, 0.15) is 47.0 Å². The molecule has 1 heterocycles. The van der Waals surface area contributed by atoms with Gasteiger partial charge in [0.1, 0.15) is 0 Å². The van der Waals surface area contributed by atoms with Crippen molar-refractivity contribution < 1.29 is 0 Å². The Balaban J connectivity index is 2.22. The topological polar surface area (TPSA) is 12.0 Å². The molecule has 3 atom stereocenters. The van der Waals surface area contributed by atoms with E-state index in [9.17, 15) is 0 Å². The Hall–Kier alpha value is -0.300. The monoisotopic (exact) mass is 207 g/mol. The minimum absolute atomic E-state index is 0.501. The van der Waals surface area contributed by atoms with Gasteiger partial charge in [-0.25, -0.2) is 0 Å². The fourth-order valence-electron chi connectivity index (χ4n) is 4.09. The van der Waals surface area contributed by atoms with Gasteiger partial charge >= 0.3 is 0 Å². The average Bonchev–Trinajstić information content (AvgIpc) is 2.43. The van der Waals surface area contributed by atoms with Gasteiger partial charge in [0.2, 0.25) is 0 Å². The zero-order chi connectivity index (χ0) is 11.1. The molecule has 86 valence electrons. The van der Waals surface area contributed by atoms with Crippen LogP contribution < -0.4 is 5.32 Å². The second-order valence-corrected chi connectivity index (χ2v) is 6.49. The Labute approximate surface area is 94.3 Å². The number of hydrogen-bond donors (Lipinski definition) is 1. The summed E-state index contributed by atoms with van der Waals surface area (Å²) in [6.07, 6.45) is 8.56. The van der Waals surface area contributed by atoms with Gasteiger partial charge < -0.3 is 5.32 Å². The summed E-state index contributed by atoms with van der Waals surface area (Å²) >= 11 is 0. The third-order valence-electron chi connectivity index (χ3n) is 4.67. The maximum Gasteiger partial charge on any atom is 0.00782 e. The van der Waals surface area contributed by atoms with Gasteiger partial charge in [-0.1, -0.05) is 32.9 Å². The van der Waals surface area contributed by atoms with Crippen molar-refractivity contribution in [2.24, 2.45) is 16.7 Å². The smallest absolute Gasteiger partial charge is 0.00782 e. The summed E-state index contributed by atoms with van der Waals surface area (Å²) in [6, 6.07) is 0.784. The Kier molecular flexibility index (Phi) is 2.70. The first kappa shape index (κ1) is 11.2. The van der Waals surface area contributed by atoms with Crippen LogP contribution in [0.3, 0.4) is 0 Å². The first-order chi connectivity index (χ1) is 6.98. The molecule has 1 saturated heterocycles. The highest BCUT2D eigenvalue weighted by Crippen LogP contribution is 2.55. The Bertz CT molecular complexity index is 267. The van der Waals surface area contributed by atoms with Crippen molar-refractivity contribution >= 4 is 0 Å². The van der Waals surface area contributed by atoms with Crippen LogP contribution in [0.25, 0.3) is 0 Å². The normalized spacial score (nSPS) is 43.7. The van der Waals surface area contributed by atoms with Crippen molar-refractivity contribution in [2.45, 2.75) is 53.0 Å². The van der Waals surface area contributed by atoms with Gasteiger partial charge in [0.15, 0.2) is 0 Å². The van der Waals surface area contributed by atoms with Gasteiger partial charge in [0.25, 0.3) is 0 Å². The van der Waals surface area contributed by atoms with Crippen molar-refractivity contribution in [1.82, 2.24) is 5.32 Å². The van der Waals surface area contributed by atoms with Crippen LogP contribution in [0.4, 0.5) is 0 Å². The van der Waals surface area contributed by atoms with Crippen LogP contribution in [-0.4, -0.2) is 12.6 Å². The lowest BCUT2D eigenvalue weighted by atomic mass is 9.56. The molecular formula is C14H25N. The standard InChI is InChI=1S/C14H25N/c1-5-6-7-12-13(2,3)8-11-9-14(12,4)10-15-11/h5-6,11-12,15H,7-10H2,1-4H3. The molecule has 0 spiro atoms. The SMILES string of the molecule is CC=CCC1C(C)(C)CC2CC1(C)CN2. The largest absolute Gasteiger partial charge is 0.313 e. The number of allylic oxidation sites excluding steroid dienone is 2. The molecular weight excluding hydrogens is 182 g/mol. The van der Waals surface area contributed by atoms with E-state index in [1.807, 2.05) is 0 Å². The Morgan fingerprint density at radius 1 is 1.27 bits per heavy atom. The highest BCUT2D eigenvalue weighted by molar-refractivity contribution is 5.07. The molecule has 2 fully saturated rings. The van der Waals surface area contributed by atoms with Crippen molar-refractivity contribution in [3.8, 4) is 0 Å². The highest BCUT2D eigenvalue weighted by atomic mass is 15.0. The third-order valence-corrected chi connectivity index (χ3v) is 4.67.